The van der Waals surface area contributed by atoms with E-state index < -0.39 is 11.2 Å². The van der Waals surface area contributed by atoms with Crippen LogP contribution in [0.15, 0.2) is 25.2 Å². The van der Waals surface area contributed by atoms with Crippen LogP contribution < -0.4 is 16.0 Å². The summed E-state index contributed by atoms with van der Waals surface area (Å²) in [5.74, 6) is 0. The van der Waals surface area contributed by atoms with E-state index in [4.69, 9.17) is 14.0 Å². The van der Waals surface area contributed by atoms with Gasteiger partial charge in [0.25, 0.3) is 5.56 Å². The molecule has 0 saturated heterocycles. The van der Waals surface area contributed by atoms with E-state index in [-0.39, 0.29) is 17.1 Å². The highest BCUT2D eigenvalue weighted by atomic mass is 16.6. The third-order valence-electron chi connectivity index (χ3n) is 4.20. The number of nitrogens with one attached hydrogen (secondary N) is 1. The van der Waals surface area contributed by atoms with Crippen molar-refractivity contribution in [1.29, 1.82) is 0 Å². The average Bonchev–Trinajstić information content (AvgIpc) is 3.12. The Morgan fingerprint density at radius 3 is 2.85 bits per heavy atom. The first-order chi connectivity index (χ1) is 12.7. The van der Waals surface area contributed by atoms with Crippen molar-refractivity contribution in [2.24, 2.45) is 5.16 Å². The maximum absolute atomic E-state index is 12.4. The lowest BCUT2D eigenvalue weighted by molar-refractivity contribution is 0.132. The van der Waals surface area contributed by atoms with Gasteiger partial charge in [0.1, 0.15) is 5.39 Å². The standard InChI is InChI=1S/C18H23N3O5/c1-2-9-24-10-5-6-12-11-14(22)25-17-15(12)16(23)19-18(20-17)26-21-13-7-3-4-8-13/h11H,2-10H2,1H3,(H,19,20,23). The van der Waals surface area contributed by atoms with Gasteiger partial charge in [-0.05, 0) is 50.5 Å². The molecule has 2 heterocycles. The molecular weight excluding hydrogens is 338 g/mol. The maximum Gasteiger partial charge on any atom is 0.337 e. The van der Waals surface area contributed by atoms with Crippen LogP contribution >= 0.6 is 0 Å². The number of aryl methyl sites for hydroxylation is 1. The highest BCUT2D eigenvalue weighted by Crippen LogP contribution is 2.17. The van der Waals surface area contributed by atoms with Crippen LogP contribution in [0, 0.1) is 0 Å². The lowest BCUT2D eigenvalue weighted by atomic mass is 10.1. The predicted molar refractivity (Wildman–Crippen MR) is 96.9 cm³/mol. The number of H-pyrrole nitrogens is 1. The van der Waals surface area contributed by atoms with Gasteiger partial charge in [-0.25, -0.2) is 4.79 Å². The van der Waals surface area contributed by atoms with Crippen LogP contribution in [0.5, 0.6) is 6.01 Å². The zero-order valence-electron chi connectivity index (χ0n) is 14.9. The Kier molecular flexibility index (Phi) is 6.17. The molecule has 0 bridgehead atoms. The number of oxime groups is 1. The number of nitrogens with zero attached hydrogens (tertiary/aromatic N) is 2. The Balaban J connectivity index is 1.82. The number of ether oxygens (including phenoxy) is 1. The molecule has 1 aliphatic rings. The number of aromatic amines is 1. The highest BCUT2D eigenvalue weighted by Gasteiger charge is 2.14. The molecule has 2 aromatic heterocycles. The van der Waals surface area contributed by atoms with E-state index in [9.17, 15) is 9.59 Å². The van der Waals surface area contributed by atoms with Gasteiger partial charge in [-0.3, -0.25) is 9.78 Å². The van der Waals surface area contributed by atoms with Crippen molar-refractivity contribution in [2.75, 3.05) is 13.2 Å². The molecule has 0 radical (unpaired) electrons. The van der Waals surface area contributed by atoms with Crippen LogP contribution in [0.25, 0.3) is 11.1 Å². The number of fused-ring (bicyclic) bond motifs is 1. The van der Waals surface area contributed by atoms with Crippen molar-refractivity contribution in [1.82, 2.24) is 9.97 Å². The third-order valence-corrected chi connectivity index (χ3v) is 4.20. The average molecular weight is 361 g/mol. The minimum Gasteiger partial charge on any atom is -0.403 e. The number of aromatic nitrogens is 2. The highest BCUT2D eigenvalue weighted by molar-refractivity contribution is 5.85. The molecule has 2 aromatic rings. The summed E-state index contributed by atoms with van der Waals surface area (Å²) in [6.07, 6.45) is 6.12. The monoisotopic (exact) mass is 361 g/mol. The van der Waals surface area contributed by atoms with Gasteiger partial charge in [0.05, 0.1) is 5.71 Å². The fourth-order valence-corrected chi connectivity index (χ4v) is 2.96. The topological polar surface area (TPSA) is 107 Å². The minimum absolute atomic E-state index is 0.0349. The lowest BCUT2D eigenvalue weighted by Crippen LogP contribution is -2.15. The molecule has 0 atom stereocenters. The second kappa shape index (κ2) is 8.75. The molecule has 0 spiro atoms. The Bertz CT molecular complexity index is 892. The second-order valence-corrected chi connectivity index (χ2v) is 6.31. The molecular formula is C18H23N3O5. The first kappa shape index (κ1) is 18.3. The molecule has 0 aromatic carbocycles. The van der Waals surface area contributed by atoms with Crippen LogP contribution in [-0.2, 0) is 11.2 Å². The largest absolute Gasteiger partial charge is 0.403 e. The van der Waals surface area contributed by atoms with Crippen molar-refractivity contribution >= 4 is 16.8 Å². The summed E-state index contributed by atoms with van der Waals surface area (Å²) in [5, 5.41) is 4.28. The van der Waals surface area contributed by atoms with E-state index in [1.165, 1.54) is 6.07 Å². The fraction of sp³-hybridized carbons (Fsp3) is 0.556. The molecule has 26 heavy (non-hydrogen) atoms. The zero-order valence-corrected chi connectivity index (χ0v) is 14.9. The molecule has 8 nitrogen and oxygen atoms in total. The normalized spacial score (nSPS) is 14.1. The predicted octanol–water partition coefficient (Wildman–Crippen LogP) is 2.54. The summed E-state index contributed by atoms with van der Waals surface area (Å²) in [4.78, 5) is 36.1. The zero-order chi connectivity index (χ0) is 18.4. The quantitative estimate of drug-likeness (QED) is 0.572. The molecule has 140 valence electrons. The van der Waals surface area contributed by atoms with Gasteiger partial charge in [0, 0.05) is 19.3 Å². The molecule has 1 fully saturated rings. The van der Waals surface area contributed by atoms with Crippen molar-refractivity contribution in [2.45, 2.75) is 51.9 Å². The summed E-state index contributed by atoms with van der Waals surface area (Å²) in [7, 11) is 0. The van der Waals surface area contributed by atoms with E-state index >= 15 is 0 Å². The van der Waals surface area contributed by atoms with Crippen molar-refractivity contribution in [3.63, 3.8) is 0 Å². The molecule has 1 N–H and O–H groups in total. The maximum atomic E-state index is 12.4. The summed E-state index contributed by atoms with van der Waals surface area (Å²) in [6.45, 7) is 3.31. The third kappa shape index (κ3) is 4.57. The first-order valence-electron chi connectivity index (χ1n) is 9.05. The molecule has 1 saturated carbocycles. The first-order valence-corrected chi connectivity index (χ1v) is 9.05. The number of rotatable bonds is 8. The van der Waals surface area contributed by atoms with E-state index in [1.807, 2.05) is 6.92 Å². The number of hydrogen-bond acceptors (Lipinski definition) is 7. The van der Waals surface area contributed by atoms with Crippen molar-refractivity contribution < 1.29 is 14.0 Å². The second-order valence-electron chi connectivity index (χ2n) is 6.31. The van der Waals surface area contributed by atoms with E-state index in [0.717, 1.165) is 37.8 Å². The summed E-state index contributed by atoms with van der Waals surface area (Å²) >= 11 is 0. The lowest BCUT2D eigenvalue weighted by Gasteiger charge is -2.06. The molecule has 0 amide bonds. The van der Waals surface area contributed by atoms with Gasteiger partial charge < -0.3 is 14.0 Å². The van der Waals surface area contributed by atoms with Gasteiger partial charge >= 0.3 is 11.6 Å². The smallest absolute Gasteiger partial charge is 0.337 e. The van der Waals surface area contributed by atoms with Gasteiger partial charge in [0.15, 0.2) is 0 Å². The summed E-state index contributed by atoms with van der Waals surface area (Å²) in [6, 6.07) is 1.26. The van der Waals surface area contributed by atoms with Crippen LogP contribution in [0.2, 0.25) is 0 Å². The van der Waals surface area contributed by atoms with Crippen molar-refractivity contribution in [3.05, 3.63) is 32.4 Å². The van der Waals surface area contributed by atoms with Gasteiger partial charge in [-0.2, -0.15) is 4.98 Å². The Morgan fingerprint density at radius 1 is 1.27 bits per heavy atom. The molecule has 3 rings (SSSR count). The SMILES string of the molecule is CCCOCCCc1cc(=O)oc2nc(ON=C3CCCC3)[nH]c(=O)c12. The van der Waals surface area contributed by atoms with Gasteiger partial charge in [0.2, 0.25) is 5.71 Å². The molecule has 8 heteroatoms. The van der Waals surface area contributed by atoms with Crippen LogP contribution in [0.4, 0.5) is 0 Å². The number of hydrogen-bond donors (Lipinski definition) is 1. The molecule has 0 unspecified atom stereocenters. The van der Waals surface area contributed by atoms with E-state index in [2.05, 4.69) is 15.1 Å². The van der Waals surface area contributed by atoms with E-state index in [1.54, 1.807) is 0 Å². The Morgan fingerprint density at radius 2 is 2.08 bits per heavy atom. The van der Waals surface area contributed by atoms with E-state index in [0.29, 0.717) is 31.6 Å². The minimum atomic E-state index is -0.548. The van der Waals surface area contributed by atoms with Crippen LogP contribution in [0.3, 0.4) is 0 Å². The van der Waals surface area contributed by atoms with Gasteiger partial charge in [-0.15, -0.1) is 0 Å². The fourth-order valence-electron chi connectivity index (χ4n) is 2.96. The molecule has 1 aliphatic carbocycles. The van der Waals surface area contributed by atoms with Crippen molar-refractivity contribution in [3.8, 4) is 6.01 Å². The Hall–Kier alpha value is -2.48. The van der Waals surface area contributed by atoms with Crippen LogP contribution in [-0.4, -0.2) is 28.9 Å². The van der Waals surface area contributed by atoms with Gasteiger partial charge in [-0.1, -0.05) is 12.1 Å². The summed E-state index contributed by atoms with van der Waals surface area (Å²) < 4.78 is 10.5. The molecule has 0 aliphatic heterocycles. The Labute approximate surface area is 150 Å². The van der Waals surface area contributed by atoms with Crippen LogP contribution in [0.1, 0.15) is 51.0 Å². The summed E-state index contributed by atoms with van der Waals surface area (Å²) in [5.41, 5.74) is 0.541.